The molecule has 3 aliphatic carbocycles. The highest BCUT2D eigenvalue weighted by atomic mass is 15.0. The predicted molar refractivity (Wildman–Crippen MR) is 585 cm³/mol. The number of aromatic nitrogens is 6. The van der Waals surface area contributed by atoms with Crippen molar-refractivity contribution in [2.45, 2.75) is 6.54 Å². The molecule has 12 nitrogen and oxygen atoms in total. The number of fused-ring (bicyclic) bond motifs is 9. The molecule has 0 amide bonds. The minimum atomic E-state index is 0.417. The molecule has 670 valence electrons. The normalized spacial score (nSPS) is 11.6. The first-order chi connectivity index (χ1) is 71.2. The summed E-state index contributed by atoms with van der Waals surface area (Å²) < 4.78 is 0. The highest BCUT2D eigenvalue weighted by Gasteiger charge is 2.31. The summed E-state index contributed by atoms with van der Waals surface area (Å²) in [5.74, 6) is 4.81. The fraction of sp³-hybridized carbons (Fsp3) is 0.00758. The summed E-state index contributed by atoms with van der Waals surface area (Å²) in [7, 11) is 0. The largest absolute Gasteiger partial charge is 0.383 e. The fourth-order valence-corrected chi connectivity index (χ4v) is 20.3. The van der Waals surface area contributed by atoms with Gasteiger partial charge in [-0.15, -0.1) is 0 Å². The van der Waals surface area contributed by atoms with Crippen molar-refractivity contribution < 1.29 is 0 Å². The first kappa shape index (κ1) is 86.8. The lowest BCUT2D eigenvalue weighted by atomic mass is 9.88. The molecule has 0 atom stereocenters. The zero-order chi connectivity index (χ0) is 96.5. The van der Waals surface area contributed by atoms with E-state index in [0.717, 1.165) is 117 Å². The summed E-state index contributed by atoms with van der Waals surface area (Å²) in [6, 6.07) is 169. The SMILES string of the molecule is N#Cc1ccc(-c2ccc3c4c(ccc(-c5ccc(-c6ccc(C(N)=NC(=NCc7ccccc7)c7ccccc7)cc6)cc5)c24)-c2ccccc2-3)cc1.N#Cc1ccc(-c2ccc3c4c(ccc(-c5ccc(-c6nc(-c7ccccc7)nc(-c7ccccc7)n6)cc5)c24)-c2ccccc2-3)cc1.N#Cc1ccc(-c2ccc3c4c(ccc(-c5nc(-c6ccccc6)nc(-c6ccccc6)n5)c24)-c2ccccc2-3)cc1. The lowest BCUT2D eigenvalue weighted by Crippen LogP contribution is -2.16. The quantitative estimate of drug-likeness (QED) is 0.0717. The minimum Gasteiger partial charge on any atom is -0.383 e. The van der Waals surface area contributed by atoms with Gasteiger partial charge in [0.1, 0.15) is 5.84 Å². The van der Waals surface area contributed by atoms with Gasteiger partial charge in [-0.25, -0.2) is 34.9 Å². The molecule has 2 heterocycles. The Kier molecular flexibility index (Phi) is 22.8. The maximum Gasteiger partial charge on any atom is 0.164 e. The Bertz CT molecular complexity index is 8960. The van der Waals surface area contributed by atoms with Crippen molar-refractivity contribution in [1.29, 1.82) is 15.8 Å². The number of benzene rings is 21. The zero-order valence-electron chi connectivity index (χ0n) is 77.7. The third-order valence-corrected chi connectivity index (χ3v) is 27.3. The summed E-state index contributed by atoms with van der Waals surface area (Å²) >= 11 is 0. The maximum absolute atomic E-state index is 9.44. The third kappa shape index (κ3) is 16.4. The van der Waals surface area contributed by atoms with Crippen molar-refractivity contribution in [3.05, 3.63) is 507 Å². The molecule has 12 heteroatoms. The summed E-state index contributed by atoms with van der Waals surface area (Å²) in [4.78, 5) is 39.4. The average molecular weight is 1840 g/mol. The Hall–Kier alpha value is -20.0. The van der Waals surface area contributed by atoms with Crippen LogP contribution in [0, 0.1) is 34.0 Å². The van der Waals surface area contributed by atoms with Crippen LogP contribution in [0.4, 0.5) is 0 Å². The molecular weight excluding hydrogens is 1750 g/mol. The van der Waals surface area contributed by atoms with Gasteiger partial charge in [-0.05, 0) is 208 Å². The van der Waals surface area contributed by atoms with E-state index in [1.54, 1.807) is 0 Å². The Morgan fingerprint density at radius 2 is 0.403 bits per heavy atom. The van der Waals surface area contributed by atoms with Crippen LogP contribution in [0.3, 0.4) is 0 Å². The van der Waals surface area contributed by atoms with E-state index in [2.05, 4.69) is 249 Å². The Morgan fingerprint density at radius 3 is 0.701 bits per heavy atom. The van der Waals surface area contributed by atoms with E-state index in [9.17, 15) is 15.8 Å². The molecule has 144 heavy (non-hydrogen) atoms. The summed E-state index contributed by atoms with van der Waals surface area (Å²) in [6.07, 6.45) is 0. The first-order valence-electron chi connectivity index (χ1n) is 47.8. The zero-order valence-corrected chi connectivity index (χ0v) is 77.7. The smallest absolute Gasteiger partial charge is 0.164 e. The van der Waals surface area contributed by atoms with Crippen LogP contribution in [-0.2, 0) is 6.54 Å². The molecule has 0 saturated carbocycles. The van der Waals surface area contributed by atoms with Crippen molar-refractivity contribution in [2.24, 2.45) is 15.7 Å². The monoisotopic (exact) mass is 1830 g/mol. The van der Waals surface area contributed by atoms with Gasteiger partial charge < -0.3 is 5.73 Å². The lowest BCUT2D eigenvalue weighted by molar-refractivity contribution is 1.06. The van der Waals surface area contributed by atoms with Gasteiger partial charge in [-0.3, -0.25) is 4.99 Å². The van der Waals surface area contributed by atoms with Gasteiger partial charge in [-0.1, -0.05) is 431 Å². The van der Waals surface area contributed by atoms with Crippen molar-refractivity contribution in [2.75, 3.05) is 0 Å². The van der Waals surface area contributed by atoms with Gasteiger partial charge in [0.2, 0.25) is 0 Å². The van der Waals surface area contributed by atoms with Gasteiger partial charge in [-0.2, -0.15) is 15.8 Å². The number of aliphatic imine (C=N–C) groups is 2. The van der Waals surface area contributed by atoms with E-state index in [0.29, 0.717) is 69.9 Å². The maximum atomic E-state index is 9.44. The Labute approximate surface area is 832 Å². The number of rotatable bonds is 16. The molecule has 0 unspecified atom stereocenters. The lowest BCUT2D eigenvalue weighted by Gasteiger charge is -2.15. The van der Waals surface area contributed by atoms with Gasteiger partial charge in [0.05, 0.1) is 41.4 Å². The molecule has 0 saturated heterocycles. The molecule has 0 aliphatic heterocycles. The Morgan fingerprint density at radius 1 is 0.188 bits per heavy atom. The molecular formula is C132H82N12. The second-order valence-corrected chi connectivity index (χ2v) is 35.7. The predicted octanol–water partition coefficient (Wildman–Crippen LogP) is 31.8. The van der Waals surface area contributed by atoms with Crippen LogP contribution < -0.4 is 5.73 Å². The van der Waals surface area contributed by atoms with Crippen LogP contribution in [0.15, 0.2) is 483 Å². The fourth-order valence-electron chi connectivity index (χ4n) is 20.3. The minimum absolute atomic E-state index is 0.417. The average Bonchev–Trinajstić information content (AvgIpc) is 1.55. The number of amidine groups is 2. The molecule has 0 bridgehead atoms. The van der Waals surface area contributed by atoms with Crippen molar-refractivity contribution >= 4 is 44.0 Å². The van der Waals surface area contributed by atoms with Gasteiger partial charge in [0, 0.05) is 49.9 Å². The van der Waals surface area contributed by atoms with Crippen LogP contribution in [-0.4, -0.2) is 41.6 Å². The van der Waals surface area contributed by atoms with E-state index in [-0.39, 0.29) is 0 Å². The van der Waals surface area contributed by atoms with Crippen LogP contribution in [0.2, 0.25) is 0 Å². The molecule has 2 aromatic heterocycles. The van der Waals surface area contributed by atoms with E-state index in [1.165, 1.54) is 99.3 Å². The van der Waals surface area contributed by atoms with E-state index in [1.807, 2.05) is 243 Å². The van der Waals surface area contributed by atoms with Gasteiger partial charge in [0.25, 0.3) is 0 Å². The molecule has 0 spiro atoms. The number of nitrogens with zero attached hydrogens (tertiary/aromatic N) is 11. The van der Waals surface area contributed by atoms with Gasteiger partial charge >= 0.3 is 0 Å². The Balaban J connectivity index is 0.000000117. The number of hydrogen-bond donors (Lipinski definition) is 1. The van der Waals surface area contributed by atoms with E-state index >= 15 is 0 Å². The second kappa shape index (κ2) is 37.8. The number of nitrogens with two attached hydrogens (primary N) is 1. The highest BCUT2D eigenvalue weighted by molar-refractivity contribution is 6.26. The molecule has 26 rings (SSSR count). The van der Waals surface area contributed by atoms with Crippen molar-refractivity contribution in [3.63, 3.8) is 0 Å². The van der Waals surface area contributed by atoms with Crippen LogP contribution in [0.25, 0.3) is 234 Å². The molecule has 23 aromatic rings. The molecule has 3 aliphatic rings. The first-order valence-corrected chi connectivity index (χ1v) is 47.8. The topological polar surface area (TPSA) is 199 Å². The van der Waals surface area contributed by atoms with Gasteiger partial charge in [0.15, 0.2) is 40.8 Å². The van der Waals surface area contributed by atoms with Crippen LogP contribution in [0.1, 0.15) is 33.4 Å². The number of hydrogen-bond acceptors (Lipinski definition) is 10. The van der Waals surface area contributed by atoms with Crippen LogP contribution >= 0.6 is 0 Å². The molecule has 0 fully saturated rings. The molecule has 21 aromatic carbocycles. The second-order valence-electron chi connectivity index (χ2n) is 35.7. The summed E-state index contributed by atoms with van der Waals surface area (Å²) in [5.41, 5.74) is 45.3. The van der Waals surface area contributed by atoms with Crippen molar-refractivity contribution in [3.8, 4) is 220 Å². The molecule has 2 N–H and O–H groups in total. The summed E-state index contributed by atoms with van der Waals surface area (Å²) in [5, 5.41) is 35.5. The third-order valence-electron chi connectivity index (χ3n) is 27.3. The number of nitriles is 3. The van der Waals surface area contributed by atoms with Crippen molar-refractivity contribution in [1.82, 2.24) is 29.9 Å². The van der Waals surface area contributed by atoms with E-state index in [4.69, 9.17) is 45.6 Å². The summed E-state index contributed by atoms with van der Waals surface area (Å²) in [6.45, 7) is 0.516. The molecule has 0 radical (unpaired) electrons. The van der Waals surface area contributed by atoms with Crippen LogP contribution in [0.5, 0.6) is 0 Å². The van der Waals surface area contributed by atoms with E-state index < -0.39 is 0 Å². The standard InChI is InChI=1S/C50H34N4.C44H26N4.C38H22N4/c51-31-33-15-17-37(18-16-33)41-27-29-45-43-13-7-8-14-44(43)46-30-28-42(47(41)48(45)46)38-23-19-35(20-24-38)36-21-25-39(26-22-36)49(52)54-50(40-11-5-2-6-12-40)53-32-34-9-3-1-4-10-34;45-27-28-15-17-29(18-16-28)34-23-25-38-36-13-7-8-14-37(36)39-26-24-35(40(34)41(38)39)30-19-21-33(22-20-30)44-47-42(31-9-3-1-4-10-31)46-43(48-44)32-11-5-2-6-12-32;39-23-24-15-17-25(18-16-24)28-19-20-31-29-13-7-8-14-30(29)32-21-22-33(34(28)35(31)32)38-41-36(26-9-3-1-4-10-26)40-37(42-38)27-11-5-2-6-12-27/h1-30H,32H2,(H2,52,53,54);1-26H;1-22H. The highest BCUT2D eigenvalue weighted by Crippen LogP contribution is 2.56.